The average Bonchev–Trinajstić information content (AvgIpc) is 2.90. The van der Waals surface area contributed by atoms with Gasteiger partial charge in [0.15, 0.2) is 23.2 Å². The number of nitrogen functional groups attached to an aromatic ring is 1. The lowest BCUT2D eigenvalue weighted by atomic mass is 10.1. The highest BCUT2D eigenvalue weighted by atomic mass is 35.5. The second-order valence-corrected chi connectivity index (χ2v) is 5.03. The Morgan fingerprint density at radius 2 is 2.10 bits per heavy atom. The summed E-state index contributed by atoms with van der Waals surface area (Å²) in [4.78, 5) is 11.9. The Labute approximate surface area is 123 Å². The summed E-state index contributed by atoms with van der Waals surface area (Å²) in [7, 11) is 0. The van der Waals surface area contributed by atoms with Crippen LogP contribution >= 0.6 is 23.2 Å². The summed E-state index contributed by atoms with van der Waals surface area (Å²) in [6.45, 7) is 0. The number of aliphatic hydroxyl groups excluding tert-OH is 2. The van der Waals surface area contributed by atoms with Crippen molar-refractivity contribution < 1.29 is 14.9 Å². The summed E-state index contributed by atoms with van der Waals surface area (Å²) in [5, 5.41) is 19.9. The van der Waals surface area contributed by atoms with Crippen LogP contribution in [0.1, 0.15) is 6.23 Å². The monoisotopic (exact) mass is 319 g/mol. The van der Waals surface area contributed by atoms with E-state index >= 15 is 0 Å². The Morgan fingerprint density at radius 3 is 2.75 bits per heavy atom. The molecule has 1 aliphatic heterocycles. The van der Waals surface area contributed by atoms with Crippen LogP contribution in [0.5, 0.6) is 0 Å². The molecule has 3 rings (SSSR count). The van der Waals surface area contributed by atoms with Crippen LogP contribution in [0.4, 0.5) is 5.82 Å². The minimum atomic E-state index is -1.20. The molecule has 4 N–H and O–H groups in total. The standard InChI is InChI=1S/C10H11Cl2N5O3/c11-1-3-5(18)6(19)9(20-3)17-8-4(16-10(17)12)7(13)14-2-15-8/h2-3,5-6,9,18-19H,1H2,(H2,13,14,15)/t3-,5?,6?,9-/m1/s1. The number of alkyl halides is 1. The zero-order chi connectivity index (χ0) is 14.4. The van der Waals surface area contributed by atoms with E-state index in [0.29, 0.717) is 11.2 Å². The number of anilines is 1. The van der Waals surface area contributed by atoms with Gasteiger partial charge >= 0.3 is 0 Å². The Balaban J connectivity index is 2.11. The first kappa shape index (κ1) is 13.8. The fourth-order valence-electron chi connectivity index (χ4n) is 2.20. The number of aromatic nitrogens is 4. The highest BCUT2D eigenvalue weighted by Gasteiger charge is 2.44. The molecule has 4 atom stereocenters. The number of halogens is 2. The molecule has 0 aliphatic carbocycles. The Morgan fingerprint density at radius 1 is 1.35 bits per heavy atom. The summed E-state index contributed by atoms with van der Waals surface area (Å²) in [6, 6.07) is 0. The predicted molar refractivity (Wildman–Crippen MR) is 71.4 cm³/mol. The molecule has 0 spiro atoms. The molecule has 0 aromatic carbocycles. The maximum absolute atomic E-state index is 10.1. The molecular weight excluding hydrogens is 309 g/mol. The quantitative estimate of drug-likeness (QED) is 0.523. The van der Waals surface area contributed by atoms with E-state index < -0.39 is 24.5 Å². The van der Waals surface area contributed by atoms with Crippen molar-refractivity contribution in [1.29, 1.82) is 0 Å². The first-order valence-corrected chi connectivity index (χ1v) is 6.67. The zero-order valence-corrected chi connectivity index (χ0v) is 11.5. The van der Waals surface area contributed by atoms with Crippen molar-refractivity contribution in [2.24, 2.45) is 0 Å². The van der Waals surface area contributed by atoms with Crippen molar-refractivity contribution in [3.8, 4) is 0 Å². The third-order valence-corrected chi connectivity index (χ3v) is 3.78. The van der Waals surface area contributed by atoms with Crippen LogP contribution in [0.3, 0.4) is 0 Å². The van der Waals surface area contributed by atoms with E-state index in [1.165, 1.54) is 10.9 Å². The van der Waals surface area contributed by atoms with Gasteiger partial charge in [-0.3, -0.25) is 4.57 Å². The molecule has 2 aromatic heterocycles. The SMILES string of the molecule is Nc1ncnc2c1nc(Cl)n2[C@@H]1O[C@H](CCl)C(O)C1O. The van der Waals surface area contributed by atoms with Crippen LogP contribution in [0.15, 0.2) is 6.33 Å². The molecule has 1 fully saturated rings. The molecule has 0 amide bonds. The maximum atomic E-state index is 10.1. The van der Waals surface area contributed by atoms with Crippen LogP contribution in [0.2, 0.25) is 5.28 Å². The molecule has 1 aliphatic rings. The first-order valence-electron chi connectivity index (χ1n) is 5.76. The van der Waals surface area contributed by atoms with Gasteiger partial charge in [0.05, 0.1) is 5.88 Å². The van der Waals surface area contributed by atoms with E-state index in [1.54, 1.807) is 0 Å². The molecule has 0 radical (unpaired) electrons. The van der Waals surface area contributed by atoms with Crippen LogP contribution in [-0.4, -0.2) is 53.9 Å². The lowest BCUT2D eigenvalue weighted by molar-refractivity contribution is -0.0289. The minimum absolute atomic E-state index is 0.0265. The third-order valence-electron chi connectivity index (χ3n) is 3.21. The van der Waals surface area contributed by atoms with Gasteiger partial charge in [-0.05, 0) is 11.6 Å². The van der Waals surface area contributed by atoms with Crippen LogP contribution in [0, 0.1) is 0 Å². The smallest absolute Gasteiger partial charge is 0.207 e. The highest BCUT2D eigenvalue weighted by molar-refractivity contribution is 6.29. The molecule has 0 saturated carbocycles. The largest absolute Gasteiger partial charge is 0.387 e. The molecule has 10 heteroatoms. The Bertz CT molecular complexity index is 651. The van der Waals surface area contributed by atoms with Gasteiger partial charge in [-0.15, -0.1) is 11.6 Å². The molecule has 3 heterocycles. The van der Waals surface area contributed by atoms with Gasteiger partial charge in [0.1, 0.15) is 24.6 Å². The molecule has 1 saturated heterocycles. The van der Waals surface area contributed by atoms with Crippen molar-refractivity contribution in [2.75, 3.05) is 11.6 Å². The van der Waals surface area contributed by atoms with Crippen LogP contribution in [0.25, 0.3) is 11.2 Å². The van der Waals surface area contributed by atoms with Gasteiger partial charge in [0.25, 0.3) is 0 Å². The van der Waals surface area contributed by atoms with E-state index in [4.69, 9.17) is 33.7 Å². The van der Waals surface area contributed by atoms with Gasteiger partial charge in [0.2, 0.25) is 5.28 Å². The lowest BCUT2D eigenvalue weighted by Gasteiger charge is -2.17. The number of nitrogens with two attached hydrogens (primary N) is 1. The fourth-order valence-corrected chi connectivity index (χ4v) is 2.71. The number of rotatable bonds is 2. The number of hydrogen-bond donors (Lipinski definition) is 3. The Hall–Kier alpha value is -1.19. The van der Waals surface area contributed by atoms with Gasteiger partial charge < -0.3 is 20.7 Å². The first-order chi connectivity index (χ1) is 9.54. The molecule has 108 valence electrons. The second-order valence-electron chi connectivity index (χ2n) is 4.38. The number of ether oxygens (including phenoxy) is 1. The summed E-state index contributed by atoms with van der Waals surface area (Å²) >= 11 is 11.7. The number of imidazole rings is 1. The molecule has 8 nitrogen and oxygen atoms in total. The fraction of sp³-hybridized carbons (Fsp3) is 0.500. The normalized spacial score (nSPS) is 30.2. The summed E-state index contributed by atoms with van der Waals surface area (Å²) in [5.74, 6) is 0.202. The highest BCUT2D eigenvalue weighted by Crippen LogP contribution is 2.35. The van der Waals surface area contributed by atoms with Crippen LogP contribution < -0.4 is 5.73 Å². The molecule has 0 bridgehead atoms. The van der Waals surface area contributed by atoms with Crippen molar-refractivity contribution in [1.82, 2.24) is 19.5 Å². The number of hydrogen-bond acceptors (Lipinski definition) is 7. The summed E-state index contributed by atoms with van der Waals surface area (Å²) < 4.78 is 6.87. The van der Waals surface area contributed by atoms with E-state index in [9.17, 15) is 10.2 Å². The number of nitrogens with zero attached hydrogens (tertiary/aromatic N) is 4. The van der Waals surface area contributed by atoms with Gasteiger partial charge in [-0.1, -0.05) is 0 Å². The number of aliphatic hydroxyl groups is 2. The predicted octanol–water partition coefficient (Wildman–Crippen LogP) is -0.0801. The molecule has 2 unspecified atom stereocenters. The van der Waals surface area contributed by atoms with Gasteiger partial charge in [0, 0.05) is 0 Å². The van der Waals surface area contributed by atoms with Crippen molar-refractivity contribution in [3.05, 3.63) is 11.6 Å². The van der Waals surface area contributed by atoms with Crippen molar-refractivity contribution >= 4 is 40.2 Å². The van der Waals surface area contributed by atoms with E-state index in [-0.39, 0.29) is 17.0 Å². The van der Waals surface area contributed by atoms with Crippen molar-refractivity contribution in [3.63, 3.8) is 0 Å². The van der Waals surface area contributed by atoms with Gasteiger partial charge in [-0.2, -0.15) is 0 Å². The summed E-state index contributed by atoms with van der Waals surface area (Å²) in [5.41, 5.74) is 6.31. The van der Waals surface area contributed by atoms with Crippen LogP contribution in [-0.2, 0) is 4.74 Å². The number of fused-ring (bicyclic) bond motifs is 1. The Kier molecular flexibility index (Phi) is 3.43. The van der Waals surface area contributed by atoms with E-state index in [0.717, 1.165) is 0 Å². The van der Waals surface area contributed by atoms with Crippen molar-refractivity contribution in [2.45, 2.75) is 24.5 Å². The van der Waals surface area contributed by atoms with E-state index in [2.05, 4.69) is 15.0 Å². The summed E-state index contributed by atoms with van der Waals surface area (Å²) in [6.07, 6.45) is -2.72. The lowest BCUT2D eigenvalue weighted by Crippen LogP contribution is -2.32. The molecular formula is C10H11Cl2N5O3. The second kappa shape index (κ2) is 4.97. The average molecular weight is 320 g/mol. The zero-order valence-electron chi connectivity index (χ0n) is 10.0. The molecule has 20 heavy (non-hydrogen) atoms. The van der Waals surface area contributed by atoms with E-state index in [1.807, 2.05) is 0 Å². The van der Waals surface area contributed by atoms with Gasteiger partial charge in [-0.25, -0.2) is 15.0 Å². The molecule has 2 aromatic rings. The minimum Gasteiger partial charge on any atom is -0.387 e. The maximum Gasteiger partial charge on any atom is 0.207 e. The third kappa shape index (κ3) is 1.92. The topological polar surface area (TPSA) is 119 Å².